The van der Waals surface area contributed by atoms with Gasteiger partial charge in [-0.2, -0.15) is 0 Å². The van der Waals surface area contributed by atoms with Crippen molar-refractivity contribution >= 4 is 39.7 Å². The molecule has 1 unspecified atom stereocenters. The summed E-state index contributed by atoms with van der Waals surface area (Å²) in [5.74, 6) is 0.0329. The number of halogens is 1. The smallest absolute Gasteiger partial charge is 0.232 e. The Morgan fingerprint density at radius 2 is 2.00 bits per heavy atom. The minimum Gasteiger partial charge on any atom is -0.359 e. The van der Waals surface area contributed by atoms with Crippen LogP contribution in [0.1, 0.15) is 43.7 Å². The van der Waals surface area contributed by atoms with E-state index >= 15 is 0 Å². The third kappa shape index (κ3) is 3.24. The number of aromatic amines is 1. The molecule has 0 saturated heterocycles. The molecule has 4 nitrogen and oxygen atoms in total. The summed E-state index contributed by atoms with van der Waals surface area (Å²) in [6.07, 6.45) is 6.19. The summed E-state index contributed by atoms with van der Waals surface area (Å²) >= 11 is 6.33. The summed E-state index contributed by atoms with van der Waals surface area (Å²) in [5, 5.41) is 4.98. The molecule has 3 heterocycles. The average Bonchev–Trinajstić information content (AvgIpc) is 3.30. The summed E-state index contributed by atoms with van der Waals surface area (Å²) in [6.45, 7) is 6.37. The first kappa shape index (κ1) is 19.4. The van der Waals surface area contributed by atoms with Crippen LogP contribution in [-0.4, -0.2) is 34.4 Å². The number of carbonyl (C=O) groups is 1. The highest BCUT2D eigenvalue weighted by Gasteiger charge is 2.38. The third-order valence-electron chi connectivity index (χ3n) is 6.69. The van der Waals surface area contributed by atoms with Crippen LogP contribution < -0.4 is 5.32 Å². The molecule has 0 fully saturated rings. The minimum absolute atomic E-state index is 0.0784. The molecule has 2 aromatic carbocycles. The molecule has 2 aliphatic heterocycles. The number of para-hydroxylation sites is 2. The second-order valence-electron chi connectivity index (χ2n) is 8.94. The van der Waals surface area contributed by atoms with Crippen LogP contribution in [0.3, 0.4) is 0 Å². The lowest BCUT2D eigenvalue weighted by atomic mass is 9.84. The van der Waals surface area contributed by atoms with E-state index in [1.807, 2.05) is 30.3 Å². The van der Waals surface area contributed by atoms with Crippen LogP contribution in [0.25, 0.3) is 16.5 Å². The zero-order valence-electron chi connectivity index (χ0n) is 17.3. The standard InChI is InChI=1S/C25H26ClN3O/c1-25(2,14-19-17-6-3-4-9-22(17)28-24(19)30)29-12-10-16(11-13-29)20-15-27-23-18(20)7-5-8-21(23)26/h3-10,15,19,27H,11-14H2,1-2H3,(H,28,30). The Balaban J connectivity index is 1.35. The van der Waals surface area contributed by atoms with E-state index in [9.17, 15) is 4.79 Å². The molecule has 154 valence electrons. The van der Waals surface area contributed by atoms with E-state index in [4.69, 9.17) is 11.6 Å². The predicted octanol–water partition coefficient (Wildman–Crippen LogP) is 5.82. The number of aromatic nitrogens is 1. The molecule has 0 radical (unpaired) electrons. The van der Waals surface area contributed by atoms with Gasteiger partial charge in [-0.05, 0) is 50.0 Å². The second kappa shape index (κ2) is 7.29. The van der Waals surface area contributed by atoms with Crippen LogP contribution >= 0.6 is 11.6 Å². The van der Waals surface area contributed by atoms with Gasteiger partial charge in [-0.15, -0.1) is 0 Å². The maximum atomic E-state index is 12.6. The molecule has 1 aromatic heterocycles. The van der Waals surface area contributed by atoms with Crippen molar-refractivity contribution in [1.29, 1.82) is 0 Å². The first-order valence-corrected chi connectivity index (χ1v) is 10.9. The number of rotatable bonds is 4. The van der Waals surface area contributed by atoms with E-state index in [0.717, 1.165) is 47.7 Å². The van der Waals surface area contributed by atoms with Crippen LogP contribution in [0.15, 0.2) is 54.7 Å². The fraction of sp³-hybridized carbons (Fsp3) is 0.320. The van der Waals surface area contributed by atoms with Crippen LogP contribution in [0.4, 0.5) is 5.69 Å². The fourth-order valence-electron chi connectivity index (χ4n) is 4.95. The van der Waals surface area contributed by atoms with E-state index in [2.05, 4.69) is 53.5 Å². The highest BCUT2D eigenvalue weighted by Crippen LogP contribution is 2.40. The van der Waals surface area contributed by atoms with Gasteiger partial charge in [-0.3, -0.25) is 9.69 Å². The van der Waals surface area contributed by atoms with Crippen molar-refractivity contribution in [3.63, 3.8) is 0 Å². The lowest BCUT2D eigenvalue weighted by Gasteiger charge is -2.41. The maximum Gasteiger partial charge on any atom is 0.232 e. The van der Waals surface area contributed by atoms with Gasteiger partial charge in [0.1, 0.15) is 0 Å². The van der Waals surface area contributed by atoms with Crippen molar-refractivity contribution in [2.45, 2.75) is 38.1 Å². The van der Waals surface area contributed by atoms with Crippen molar-refractivity contribution in [1.82, 2.24) is 9.88 Å². The molecule has 0 bridgehead atoms. The number of hydrogen-bond donors (Lipinski definition) is 2. The van der Waals surface area contributed by atoms with Crippen molar-refractivity contribution in [3.05, 3.63) is 70.9 Å². The number of fused-ring (bicyclic) bond motifs is 2. The Bertz CT molecular complexity index is 1160. The number of benzene rings is 2. The minimum atomic E-state index is -0.0858. The molecular weight excluding hydrogens is 394 g/mol. The van der Waals surface area contributed by atoms with Crippen LogP contribution in [0, 0.1) is 0 Å². The molecule has 1 atom stereocenters. The normalized spacial score (nSPS) is 19.6. The molecule has 0 aliphatic carbocycles. The second-order valence-corrected chi connectivity index (χ2v) is 9.34. The third-order valence-corrected chi connectivity index (χ3v) is 7.00. The highest BCUT2D eigenvalue weighted by molar-refractivity contribution is 6.35. The molecule has 1 amide bonds. The van der Waals surface area contributed by atoms with Crippen LogP contribution in [0.2, 0.25) is 5.02 Å². The van der Waals surface area contributed by atoms with E-state index < -0.39 is 0 Å². The largest absolute Gasteiger partial charge is 0.359 e. The number of amides is 1. The molecule has 0 saturated carbocycles. The van der Waals surface area contributed by atoms with Crippen molar-refractivity contribution in [3.8, 4) is 0 Å². The first-order valence-electron chi connectivity index (χ1n) is 10.5. The van der Waals surface area contributed by atoms with Gasteiger partial charge in [0.2, 0.25) is 5.91 Å². The Morgan fingerprint density at radius 1 is 1.17 bits per heavy atom. The lowest BCUT2D eigenvalue weighted by Crippen LogP contribution is -2.47. The van der Waals surface area contributed by atoms with E-state index in [1.54, 1.807) is 0 Å². The van der Waals surface area contributed by atoms with E-state index in [0.29, 0.717) is 0 Å². The van der Waals surface area contributed by atoms with Gasteiger partial charge in [-0.1, -0.05) is 48.0 Å². The number of nitrogens with one attached hydrogen (secondary N) is 2. The topological polar surface area (TPSA) is 48.1 Å². The molecule has 5 rings (SSSR count). The molecular formula is C25H26ClN3O. The first-order chi connectivity index (χ1) is 14.4. The molecule has 0 spiro atoms. The fourth-order valence-corrected chi connectivity index (χ4v) is 5.18. The Labute approximate surface area is 181 Å². The Kier molecular flexibility index (Phi) is 4.72. The predicted molar refractivity (Wildman–Crippen MR) is 124 cm³/mol. The molecule has 2 N–H and O–H groups in total. The summed E-state index contributed by atoms with van der Waals surface area (Å²) in [5.41, 5.74) is 5.62. The number of carbonyl (C=O) groups excluding carboxylic acids is 1. The quantitative estimate of drug-likeness (QED) is 0.560. The number of H-pyrrole nitrogens is 1. The summed E-state index contributed by atoms with van der Waals surface area (Å²) in [4.78, 5) is 18.4. The summed E-state index contributed by atoms with van der Waals surface area (Å²) in [6, 6.07) is 14.1. The van der Waals surface area contributed by atoms with E-state index in [1.165, 1.54) is 16.5 Å². The maximum absolute atomic E-state index is 12.6. The number of anilines is 1. The Hall–Kier alpha value is -2.56. The monoisotopic (exact) mass is 419 g/mol. The van der Waals surface area contributed by atoms with Crippen molar-refractivity contribution < 1.29 is 4.79 Å². The average molecular weight is 420 g/mol. The molecule has 2 aliphatic rings. The number of hydrogen-bond acceptors (Lipinski definition) is 2. The molecule has 3 aromatic rings. The van der Waals surface area contributed by atoms with Gasteiger partial charge < -0.3 is 10.3 Å². The van der Waals surface area contributed by atoms with Gasteiger partial charge in [0.15, 0.2) is 0 Å². The van der Waals surface area contributed by atoms with Gasteiger partial charge >= 0.3 is 0 Å². The molecule has 5 heteroatoms. The van der Waals surface area contributed by atoms with Gasteiger partial charge in [0, 0.05) is 41.5 Å². The van der Waals surface area contributed by atoms with E-state index in [-0.39, 0.29) is 17.4 Å². The SMILES string of the molecule is CC(C)(CC1C(=O)Nc2ccccc21)N1CC=C(c2c[nH]c3c(Cl)cccc23)CC1. The Morgan fingerprint density at radius 3 is 2.80 bits per heavy atom. The highest BCUT2D eigenvalue weighted by atomic mass is 35.5. The zero-order valence-corrected chi connectivity index (χ0v) is 18.1. The van der Waals surface area contributed by atoms with Crippen LogP contribution in [0.5, 0.6) is 0 Å². The summed E-state index contributed by atoms with van der Waals surface area (Å²) in [7, 11) is 0. The van der Waals surface area contributed by atoms with Gasteiger partial charge in [-0.25, -0.2) is 0 Å². The molecule has 30 heavy (non-hydrogen) atoms. The van der Waals surface area contributed by atoms with Crippen molar-refractivity contribution in [2.24, 2.45) is 0 Å². The zero-order chi connectivity index (χ0) is 20.9. The summed E-state index contributed by atoms with van der Waals surface area (Å²) < 4.78 is 0. The number of nitrogens with zero attached hydrogens (tertiary/aromatic N) is 1. The van der Waals surface area contributed by atoms with Gasteiger partial charge in [0.25, 0.3) is 0 Å². The lowest BCUT2D eigenvalue weighted by molar-refractivity contribution is -0.117. The van der Waals surface area contributed by atoms with Gasteiger partial charge in [0.05, 0.1) is 16.5 Å². The van der Waals surface area contributed by atoms with Crippen LogP contribution in [-0.2, 0) is 4.79 Å². The van der Waals surface area contributed by atoms with Crippen molar-refractivity contribution in [2.75, 3.05) is 18.4 Å².